The summed E-state index contributed by atoms with van der Waals surface area (Å²) in [5.74, 6) is 1.38. The summed E-state index contributed by atoms with van der Waals surface area (Å²) in [5, 5.41) is 0. The van der Waals surface area contributed by atoms with Gasteiger partial charge >= 0.3 is 0 Å². The average molecular weight is 469 g/mol. The number of fused-ring (bicyclic) bond motifs is 2. The highest BCUT2D eigenvalue weighted by Crippen LogP contribution is 2.39. The molecule has 0 N–H and O–H groups in total. The maximum atomic E-state index is 13.4. The molecule has 4 aliphatic rings. The van der Waals surface area contributed by atoms with E-state index in [2.05, 4.69) is 4.90 Å². The number of para-hydroxylation sites is 1. The Morgan fingerprint density at radius 2 is 1.71 bits per heavy atom. The molecule has 1 saturated carbocycles. The summed E-state index contributed by atoms with van der Waals surface area (Å²) in [5.41, 5.74) is 0.707. The van der Waals surface area contributed by atoms with Gasteiger partial charge in [-0.1, -0.05) is 31.4 Å². The molecule has 1 aromatic rings. The van der Waals surface area contributed by atoms with Gasteiger partial charge in [0.2, 0.25) is 5.91 Å². The molecule has 2 amide bonds. The first-order valence-corrected chi connectivity index (χ1v) is 13.5. The van der Waals surface area contributed by atoms with E-state index in [9.17, 15) is 9.59 Å². The van der Waals surface area contributed by atoms with Gasteiger partial charge in [-0.15, -0.1) is 0 Å². The van der Waals surface area contributed by atoms with Crippen molar-refractivity contribution in [3.05, 3.63) is 29.8 Å². The second-order valence-corrected chi connectivity index (χ2v) is 10.9. The molecule has 1 spiro atoms. The molecule has 1 aliphatic carbocycles. The number of benzene rings is 1. The van der Waals surface area contributed by atoms with Gasteiger partial charge in [-0.25, -0.2) is 0 Å². The van der Waals surface area contributed by atoms with Crippen LogP contribution >= 0.6 is 0 Å². The second-order valence-electron chi connectivity index (χ2n) is 10.9. The van der Waals surface area contributed by atoms with Crippen LogP contribution in [0.25, 0.3) is 0 Å². The monoisotopic (exact) mass is 468 g/mol. The van der Waals surface area contributed by atoms with E-state index in [1.165, 1.54) is 12.8 Å². The van der Waals surface area contributed by atoms with Gasteiger partial charge in [0.05, 0.1) is 24.8 Å². The molecule has 34 heavy (non-hydrogen) atoms. The predicted octanol–water partition coefficient (Wildman–Crippen LogP) is 4.67. The predicted molar refractivity (Wildman–Crippen MR) is 131 cm³/mol. The lowest BCUT2D eigenvalue weighted by atomic mass is 9.75. The van der Waals surface area contributed by atoms with Crippen molar-refractivity contribution in [1.29, 1.82) is 0 Å². The molecule has 6 nitrogen and oxygen atoms in total. The fourth-order valence-electron chi connectivity index (χ4n) is 6.45. The van der Waals surface area contributed by atoms with Gasteiger partial charge < -0.3 is 19.3 Å². The van der Waals surface area contributed by atoms with E-state index in [-0.39, 0.29) is 23.3 Å². The standard InChI is InChI=1S/C28H40N2O4/c31-26(22-8-1-2-9-22)29-17-14-28(15-18-29)13-5-6-19-33-20-23-10-7-16-30(23)27(32)24-11-3-4-12-25(24)34-21-28/h3-4,11-12,22-23H,1-2,5-10,13-21H2/t23-/m0/s1. The van der Waals surface area contributed by atoms with E-state index >= 15 is 0 Å². The number of carbonyl (C=O) groups is 2. The Morgan fingerprint density at radius 1 is 0.912 bits per heavy atom. The van der Waals surface area contributed by atoms with Crippen molar-refractivity contribution in [3.8, 4) is 5.75 Å². The average Bonchev–Trinajstić information content (AvgIpc) is 3.57. The van der Waals surface area contributed by atoms with Crippen LogP contribution in [0.3, 0.4) is 0 Å². The molecule has 3 aliphatic heterocycles. The van der Waals surface area contributed by atoms with Gasteiger partial charge in [-0.2, -0.15) is 0 Å². The minimum Gasteiger partial charge on any atom is -0.492 e. The highest BCUT2D eigenvalue weighted by Gasteiger charge is 2.39. The quantitative estimate of drug-likeness (QED) is 0.601. The molecule has 5 rings (SSSR count). The Kier molecular flexibility index (Phi) is 7.43. The van der Waals surface area contributed by atoms with Gasteiger partial charge in [0.1, 0.15) is 5.75 Å². The van der Waals surface area contributed by atoms with Crippen molar-refractivity contribution in [2.75, 3.05) is 39.5 Å². The normalized spacial score (nSPS) is 26.6. The lowest BCUT2D eigenvalue weighted by molar-refractivity contribution is -0.138. The second kappa shape index (κ2) is 10.7. The number of carbonyl (C=O) groups excluding carboxylic acids is 2. The zero-order valence-corrected chi connectivity index (χ0v) is 20.5. The summed E-state index contributed by atoms with van der Waals surface area (Å²) >= 11 is 0. The SMILES string of the molecule is O=C(C1CCCC1)N1CCC2(CCCCOC[C@@H]3CCCN3C(=O)c3ccccc3OC2)CC1. The van der Waals surface area contributed by atoms with Gasteiger partial charge in [-0.3, -0.25) is 9.59 Å². The summed E-state index contributed by atoms with van der Waals surface area (Å²) in [7, 11) is 0. The molecule has 0 bridgehead atoms. The van der Waals surface area contributed by atoms with Crippen LogP contribution in [-0.2, 0) is 9.53 Å². The Bertz CT molecular complexity index is 858. The van der Waals surface area contributed by atoms with Crippen molar-refractivity contribution in [2.45, 2.75) is 76.7 Å². The van der Waals surface area contributed by atoms with Crippen molar-refractivity contribution >= 4 is 11.8 Å². The van der Waals surface area contributed by atoms with Crippen molar-refractivity contribution in [3.63, 3.8) is 0 Å². The number of ether oxygens (including phenoxy) is 2. The molecular weight excluding hydrogens is 428 g/mol. The third-order valence-electron chi connectivity index (χ3n) is 8.69. The van der Waals surface area contributed by atoms with Gasteiger partial charge in [0.25, 0.3) is 5.91 Å². The van der Waals surface area contributed by atoms with Crippen LogP contribution in [0.2, 0.25) is 0 Å². The van der Waals surface area contributed by atoms with Crippen LogP contribution in [0.15, 0.2) is 24.3 Å². The number of rotatable bonds is 1. The summed E-state index contributed by atoms with van der Waals surface area (Å²) in [4.78, 5) is 30.5. The number of hydrogen-bond acceptors (Lipinski definition) is 4. The van der Waals surface area contributed by atoms with E-state index in [1.54, 1.807) is 0 Å². The van der Waals surface area contributed by atoms with Crippen LogP contribution in [0.1, 0.15) is 81.0 Å². The highest BCUT2D eigenvalue weighted by atomic mass is 16.5. The minimum absolute atomic E-state index is 0.0446. The third-order valence-corrected chi connectivity index (χ3v) is 8.69. The van der Waals surface area contributed by atoms with Crippen LogP contribution in [0.4, 0.5) is 0 Å². The molecule has 0 aromatic heterocycles. The van der Waals surface area contributed by atoms with Gasteiger partial charge in [0.15, 0.2) is 0 Å². The zero-order chi connectivity index (χ0) is 23.4. The fraction of sp³-hybridized carbons (Fsp3) is 0.714. The van der Waals surface area contributed by atoms with Crippen molar-refractivity contribution in [1.82, 2.24) is 9.80 Å². The molecular formula is C28H40N2O4. The first kappa shape index (κ1) is 23.7. The van der Waals surface area contributed by atoms with E-state index < -0.39 is 0 Å². The van der Waals surface area contributed by atoms with Crippen LogP contribution in [-0.4, -0.2) is 67.1 Å². The molecule has 186 valence electrons. The fourth-order valence-corrected chi connectivity index (χ4v) is 6.45. The lowest BCUT2D eigenvalue weighted by Gasteiger charge is -2.42. The summed E-state index contributed by atoms with van der Waals surface area (Å²) in [6.45, 7) is 4.41. The Morgan fingerprint density at radius 3 is 2.53 bits per heavy atom. The molecule has 1 aromatic carbocycles. The van der Waals surface area contributed by atoms with Crippen molar-refractivity contribution < 1.29 is 19.1 Å². The molecule has 3 heterocycles. The van der Waals surface area contributed by atoms with Crippen LogP contribution in [0, 0.1) is 11.3 Å². The first-order valence-electron chi connectivity index (χ1n) is 13.5. The number of amides is 2. The maximum Gasteiger partial charge on any atom is 0.257 e. The molecule has 3 fully saturated rings. The summed E-state index contributed by atoms with van der Waals surface area (Å²) in [6, 6.07) is 7.88. The molecule has 1 atom stereocenters. The Balaban J connectivity index is 1.31. The number of nitrogens with zero attached hydrogens (tertiary/aromatic N) is 2. The molecule has 2 saturated heterocycles. The van der Waals surface area contributed by atoms with Gasteiger partial charge in [-0.05, 0) is 63.5 Å². The number of piperidine rings is 1. The summed E-state index contributed by atoms with van der Waals surface area (Å²) in [6.07, 6.45) is 11.7. The van der Waals surface area contributed by atoms with Crippen LogP contribution < -0.4 is 4.74 Å². The summed E-state index contributed by atoms with van der Waals surface area (Å²) < 4.78 is 12.5. The van der Waals surface area contributed by atoms with Crippen LogP contribution in [0.5, 0.6) is 5.75 Å². The molecule has 0 radical (unpaired) electrons. The lowest BCUT2D eigenvalue weighted by Crippen LogP contribution is -2.47. The first-order chi connectivity index (χ1) is 16.7. The minimum atomic E-state index is 0.0446. The highest BCUT2D eigenvalue weighted by molar-refractivity contribution is 5.97. The zero-order valence-electron chi connectivity index (χ0n) is 20.5. The van der Waals surface area contributed by atoms with E-state index in [0.29, 0.717) is 30.4 Å². The van der Waals surface area contributed by atoms with Gasteiger partial charge in [0, 0.05) is 37.6 Å². The number of hydrogen-bond donors (Lipinski definition) is 0. The van der Waals surface area contributed by atoms with E-state index in [1.807, 2.05) is 29.2 Å². The maximum absolute atomic E-state index is 13.4. The smallest absolute Gasteiger partial charge is 0.257 e. The van der Waals surface area contributed by atoms with Crippen molar-refractivity contribution in [2.24, 2.45) is 11.3 Å². The molecule has 6 heteroatoms. The Hall–Kier alpha value is -2.08. The molecule has 0 unspecified atom stereocenters. The number of likely N-dealkylation sites (tertiary alicyclic amines) is 1. The van der Waals surface area contributed by atoms with E-state index in [4.69, 9.17) is 9.47 Å². The largest absolute Gasteiger partial charge is 0.492 e. The third kappa shape index (κ3) is 5.12. The Labute approximate surface area is 204 Å². The topological polar surface area (TPSA) is 59.1 Å². The van der Waals surface area contributed by atoms with E-state index in [0.717, 1.165) is 84.0 Å².